The second-order valence-electron chi connectivity index (χ2n) is 9.17. The third-order valence-corrected chi connectivity index (χ3v) is 6.96. The highest BCUT2D eigenvalue weighted by Crippen LogP contribution is 2.45. The lowest BCUT2D eigenvalue weighted by Crippen LogP contribution is -2.36. The topological polar surface area (TPSA) is 43.2 Å². The van der Waals surface area contributed by atoms with Gasteiger partial charge in [-0.15, -0.1) is 0 Å². The minimum absolute atomic E-state index is 0.0965. The van der Waals surface area contributed by atoms with E-state index >= 15 is 0 Å². The van der Waals surface area contributed by atoms with Gasteiger partial charge in [0.2, 0.25) is 0 Å². The first-order chi connectivity index (χ1) is 14.1. The van der Waals surface area contributed by atoms with E-state index in [1.165, 1.54) is 22.3 Å². The Morgan fingerprint density at radius 3 is 1.66 bits per heavy atom. The maximum Gasteiger partial charge on any atom is 0.199 e. The van der Waals surface area contributed by atoms with Gasteiger partial charge in [0.1, 0.15) is 29.7 Å². The highest BCUT2D eigenvalue weighted by atomic mass is 16.5. The van der Waals surface area contributed by atoms with Crippen LogP contribution in [0.4, 0.5) is 0 Å². The minimum Gasteiger partial charge on any atom is -0.474 e. The molecular formula is C25H26N2O2. The Morgan fingerprint density at radius 2 is 1.17 bits per heavy atom. The zero-order valence-corrected chi connectivity index (χ0v) is 17.0. The molecule has 2 heterocycles. The highest BCUT2D eigenvalue weighted by Gasteiger charge is 2.48. The standard InChI is InChI=1S/C25H26N2O2/c1-25(2,23-26-21-17-9-5-3-7-15(17)11-13-19(21)28-23)24-27-22-18-10-6-4-8-16(18)12-14-20(22)29-24/h3-10,19-22H,11-14H2,1-2H3/t19-,20-,21+,22+/m1/s1. The third-order valence-electron chi connectivity index (χ3n) is 6.96. The van der Waals surface area contributed by atoms with E-state index in [-0.39, 0.29) is 24.3 Å². The van der Waals surface area contributed by atoms with Crippen molar-refractivity contribution < 1.29 is 9.47 Å². The number of rotatable bonds is 2. The van der Waals surface area contributed by atoms with Crippen molar-refractivity contribution in [1.29, 1.82) is 0 Å². The minimum atomic E-state index is -0.460. The van der Waals surface area contributed by atoms with Gasteiger partial charge in [0.25, 0.3) is 0 Å². The lowest BCUT2D eigenvalue weighted by molar-refractivity contribution is 0.144. The molecule has 0 N–H and O–H groups in total. The van der Waals surface area contributed by atoms with Crippen LogP contribution in [0.1, 0.15) is 61.0 Å². The van der Waals surface area contributed by atoms with Crippen molar-refractivity contribution in [2.24, 2.45) is 15.4 Å². The van der Waals surface area contributed by atoms with Crippen LogP contribution in [-0.4, -0.2) is 24.0 Å². The Morgan fingerprint density at radius 1 is 0.724 bits per heavy atom. The van der Waals surface area contributed by atoms with Crippen LogP contribution < -0.4 is 0 Å². The number of benzene rings is 2. The normalized spacial score (nSPS) is 29.4. The van der Waals surface area contributed by atoms with Crippen LogP contribution in [0.25, 0.3) is 0 Å². The summed E-state index contributed by atoms with van der Waals surface area (Å²) in [5.41, 5.74) is 4.96. The summed E-state index contributed by atoms with van der Waals surface area (Å²) in [6, 6.07) is 17.5. The molecule has 4 heteroatoms. The zero-order valence-electron chi connectivity index (χ0n) is 17.0. The monoisotopic (exact) mass is 386 g/mol. The molecule has 4 aliphatic rings. The van der Waals surface area contributed by atoms with Crippen LogP contribution in [0.3, 0.4) is 0 Å². The van der Waals surface area contributed by atoms with Crippen molar-refractivity contribution in [3.8, 4) is 0 Å². The molecule has 4 atom stereocenters. The van der Waals surface area contributed by atoms with Gasteiger partial charge in [0.05, 0.1) is 0 Å². The molecule has 29 heavy (non-hydrogen) atoms. The molecule has 0 unspecified atom stereocenters. The fourth-order valence-electron chi connectivity index (χ4n) is 5.27. The average Bonchev–Trinajstić information content (AvgIpc) is 3.39. The molecule has 2 aliphatic carbocycles. The number of hydrogen-bond donors (Lipinski definition) is 0. The second-order valence-corrected chi connectivity index (χ2v) is 9.17. The summed E-state index contributed by atoms with van der Waals surface area (Å²) in [5, 5.41) is 0. The van der Waals surface area contributed by atoms with Gasteiger partial charge in [0, 0.05) is 0 Å². The Bertz CT molecular complexity index is 957. The quantitative estimate of drug-likeness (QED) is 0.730. The summed E-state index contributed by atoms with van der Waals surface area (Å²) in [6.07, 6.45) is 4.39. The summed E-state index contributed by atoms with van der Waals surface area (Å²) in [5.74, 6) is 1.55. The van der Waals surface area contributed by atoms with Gasteiger partial charge >= 0.3 is 0 Å². The predicted octanol–water partition coefficient (Wildman–Crippen LogP) is 4.98. The van der Waals surface area contributed by atoms with E-state index < -0.39 is 5.41 Å². The van der Waals surface area contributed by atoms with Crippen LogP contribution in [-0.2, 0) is 22.3 Å². The number of ether oxygens (including phenoxy) is 2. The van der Waals surface area contributed by atoms with E-state index in [1.54, 1.807) is 0 Å². The number of fused-ring (bicyclic) bond motifs is 6. The largest absolute Gasteiger partial charge is 0.474 e. The second kappa shape index (κ2) is 6.19. The van der Waals surface area contributed by atoms with Crippen LogP contribution in [0.2, 0.25) is 0 Å². The molecule has 0 amide bonds. The molecule has 2 aromatic carbocycles. The van der Waals surface area contributed by atoms with Gasteiger partial charge in [-0.05, 0) is 61.8 Å². The predicted molar refractivity (Wildman–Crippen MR) is 113 cm³/mol. The molecule has 0 spiro atoms. The molecule has 0 aromatic heterocycles. The van der Waals surface area contributed by atoms with Crippen LogP contribution in [0.5, 0.6) is 0 Å². The molecule has 6 rings (SSSR count). The molecule has 148 valence electrons. The van der Waals surface area contributed by atoms with Gasteiger partial charge in [-0.3, -0.25) is 0 Å². The Hall–Kier alpha value is -2.62. The van der Waals surface area contributed by atoms with Gasteiger partial charge in [-0.1, -0.05) is 48.5 Å². The Labute approximate surface area is 171 Å². The van der Waals surface area contributed by atoms with Crippen molar-refractivity contribution in [1.82, 2.24) is 0 Å². The first-order valence-corrected chi connectivity index (χ1v) is 10.8. The molecule has 0 radical (unpaired) electrons. The van der Waals surface area contributed by atoms with Crippen molar-refractivity contribution in [3.05, 3.63) is 70.8 Å². The van der Waals surface area contributed by atoms with E-state index in [0.717, 1.165) is 37.5 Å². The maximum atomic E-state index is 6.41. The van der Waals surface area contributed by atoms with E-state index in [9.17, 15) is 0 Å². The zero-order chi connectivity index (χ0) is 19.6. The number of aliphatic imine (C=N–C) groups is 2. The lowest BCUT2D eigenvalue weighted by atomic mass is 9.86. The highest BCUT2D eigenvalue weighted by molar-refractivity contribution is 6.05. The summed E-state index contributed by atoms with van der Waals surface area (Å²) in [4.78, 5) is 10.1. The fraction of sp³-hybridized carbons (Fsp3) is 0.440. The van der Waals surface area contributed by atoms with E-state index in [4.69, 9.17) is 19.5 Å². The molecule has 2 aliphatic heterocycles. The van der Waals surface area contributed by atoms with Crippen molar-refractivity contribution in [2.45, 2.75) is 63.8 Å². The lowest BCUT2D eigenvalue weighted by Gasteiger charge is -2.28. The molecule has 2 aromatic rings. The smallest absolute Gasteiger partial charge is 0.199 e. The molecular weight excluding hydrogens is 360 g/mol. The average molecular weight is 386 g/mol. The molecule has 0 fully saturated rings. The van der Waals surface area contributed by atoms with Crippen molar-refractivity contribution >= 4 is 11.8 Å². The van der Waals surface area contributed by atoms with Crippen molar-refractivity contribution in [2.75, 3.05) is 0 Å². The van der Waals surface area contributed by atoms with Gasteiger partial charge < -0.3 is 9.47 Å². The first-order valence-electron chi connectivity index (χ1n) is 10.8. The Balaban J connectivity index is 1.33. The molecule has 0 saturated heterocycles. The van der Waals surface area contributed by atoms with Crippen LogP contribution in [0, 0.1) is 5.41 Å². The number of hydrogen-bond acceptors (Lipinski definition) is 4. The van der Waals surface area contributed by atoms with Crippen LogP contribution in [0.15, 0.2) is 58.5 Å². The third kappa shape index (κ3) is 2.58. The van der Waals surface area contributed by atoms with Gasteiger partial charge in [-0.2, -0.15) is 0 Å². The maximum absolute atomic E-state index is 6.41. The number of aryl methyl sites for hydroxylation is 2. The van der Waals surface area contributed by atoms with Crippen LogP contribution >= 0.6 is 0 Å². The summed E-state index contributed by atoms with van der Waals surface area (Å²) < 4.78 is 12.8. The van der Waals surface area contributed by atoms with E-state index in [0.29, 0.717) is 0 Å². The summed E-state index contributed by atoms with van der Waals surface area (Å²) >= 11 is 0. The van der Waals surface area contributed by atoms with Crippen molar-refractivity contribution in [3.63, 3.8) is 0 Å². The SMILES string of the molecule is CC(C)(C1=N[C@H]2c3ccccc3CC[C@H]2O1)C1=N[C@H]2c3ccccc3CC[C@H]2O1. The number of nitrogens with zero attached hydrogens (tertiary/aromatic N) is 2. The molecule has 4 nitrogen and oxygen atoms in total. The molecule has 0 saturated carbocycles. The van der Waals surface area contributed by atoms with Gasteiger partial charge in [0.15, 0.2) is 11.8 Å². The van der Waals surface area contributed by atoms with E-state index in [1.807, 2.05) is 0 Å². The fourth-order valence-corrected chi connectivity index (χ4v) is 5.27. The summed E-state index contributed by atoms with van der Waals surface area (Å²) in [7, 11) is 0. The molecule has 0 bridgehead atoms. The van der Waals surface area contributed by atoms with E-state index in [2.05, 4.69) is 62.4 Å². The summed E-state index contributed by atoms with van der Waals surface area (Å²) in [6.45, 7) is 4.27. The van der Waals surface area contributed by atoms with Gasteiger partial charge in [-0.25, -0.2) is 9.98 Å². The first kappa shape index (κ1) is 17.3. The Kier molecular flexibility index (Phi) is 3.68.